The highest BCUT2D eigenvalue weighted by Crippen LogP contribution is 2.34. The van der Waals surface area contributed by atoms with E-state index in [1.807, 2.05) is 0 Å². The molecule has 2 aromatic rings. The molecule has 1 unspecified atom stereocenters. The number of rotatable bonds is 4. The molecule has 0 aromatic heterocycles. The summed E-state index contributed by atoms with van der Waals surface area (Å²) in [6.07, 6.45) is -0.00426. The zero-order valence-corrected chi connectivity index (χ0v) is 11.4. The molecule has 4 nitrogen and oxygen atoms in total. The van der Waals surface area contributed by atoms with Crippen molar-refractivity contribution in [2.24, 2.45) is 0 Å². The second-order valence-electron chi connectivity index (χ2n) is 4.98. The van der Waals surface area contributed by atoms with Crippen LogP contribution in [-0.4, -0.2) is 18.6 Å². The first kappa shape index (κ1) is 14.6. The van der Waals surface area contributed by atoms with Crippen LogP contribution in [0.2, 0.25) is 0 Å². The Balaban J connectivity index is 2.04. The van der Waals surface area contributed by atoms with E-state index in [0.29, 0.717) is 16.5 Å². The molecule has 1 atom stereocenters. The van der Waals surface area contributed by atoms with Gasteiger partial charge in [-0.2, -0.15) is 8.78 Å². The fourth-order valence-corrected chi connectivity index (χ4v) is 2.69. The second-order valence-corrected chi connectivity index (χ2v) is 4.98. The molecule has 1 aliphatic rings. The first-order valence-corrected chi connectivity index (χ1v) is 6.71. The quantitative estimate of drug-likeness (QED) is 0.643. The van der Waals surface area contributed by atoms with Crippen LogP contribution in [-0.2, 0) is 25.7 Å². The van der Waals surface area contributed by atoms with Gasteiger partial charge in [0.05, 0.1) is 18.9 Å². The molecule has 6 heteroatoms. The third kappa shape index (κ3) is 2.69. The maximum absolute atomic E-state index is 12.2. The summed E-state index contributed by atoms with van der Waals surface area (Å²) in [6.45, 7) is -3.08. The number of ether oxygens (including phenoxy) is 2. The Morgan fingerprint density at radius 1 is 1.14 bits per heavy atom. The molecule has 1 saturated heterocycles. The highest BCUT2D eigenvalue weighted by Gasteiger charge is 2.35. The lowest BCUT2D eigenvalue weighted by Gasteiger charge is -2.12. The largest absolute Gasteiger partial charge is 0.393 e. The van der Waals surface area contributed by atoms with Crippen LogP contribution in [0.15, 0.2) is 36.4 Å². The van der Waals surface area contributed by atoms with Crippen LogP contribution in [0.1, 0.15) is 23.5 Å². The van der Waals surface area contributed by atoms with Crippen LogP contribution in [0.4, 0.5) is 8.78 Å². The molecule has 1 heterocycles. The highest BCUT2D eigenvalue weighted by atomic mass is 19.3. The van der Waals surface area contributed by atoms with Gasteiger partial charge in [0.25, 0.3) is 0 Å². The van der Waals surface area contributed by atoms with Crippen LogP contribution in [0.25, 0.3) is 10.8 Å². The summed E-state index contributed by atoms with van der Waals surface area (Å²) in [5.41, 5.74) is 1.25. The molecule has 0 saturated carbocycles. The zero-order chi connectivity index (χ0) is 15.7. The molecule has 0 bridgehead atoms. The van der Waals surface area contributed by atoms with Crippen LogP contribution in [0, 0.1) is 0 Å². The fraction of sp³-hybridized carbons (Fsp3) is 0.250. The Morgan fingerprint density at radius 3 is 2.55 bits per heavy atom. The van der Waals surface area contributed by atoms with E-state index in [-0.39, 0.29) is 13.0 Å². The minimum atomic E-state index is -2.85. The number of carbonyl (C=O) groups is 2. The highest BCUT2D eigenvalue weighted by molar-refractivity contribution is 6.01. The molecule has 0 radical (unpaired) electrons. The summed E-state index contributed by atoms with van der Waals surface area (Å²) in [6, 6.07) is 10.4. The number of hydrogen-bond acceptors (Lipinski definition) is 4. The summed E-state index contributed by atoms with van der Waals surface area (Å²) in [5.74, 6) is -1.78. The number of cyclic esters (lactones) is 2. The molecule has 0 N–H and O–H groups in total. The molecule has 1 aliphatic heterocycles. The number of esters is 2. The van der Waals surface area contributed by atoms with Gasteiger partial charge >= 0.3 is 18.6 Å². The summed E-state index contributed by atoms with van der Waals surface area (Å²) >= 11 is 0. The Kier molecular flexibility index (Phi) is 3.85. The maximum atomic E-state index is 12.2. The SMILES string of the molecule is O=C1CC(c2cccc3c(COC(F)F)cccc23)C(=O)O1. The van der Waals surface area contributed by atoms with E-state index < -0.39 is 24.5 Å². The third-order valence-corrected chi connectivity index (χ3v) is 3.66. The number of hydrogen-bond donors (Lipinski definition) is 0. The lowest BCUT2D eigenvalue weighted by Crippen LogP contribution is -2.06. The number of carbonyl (C=O) groups excluding carboxylic acids is 2. The van der Waals surface area contributed by atoms with E-state index in [4.69, 9.17) is 0 Å². The summed E-state index contributed by atoms with van der Waals surface area (Å²) in [4.78, 5) is 23.0. The molecule has 22 heavy (non-hydrogen) atoms. The van der Waals surface area contributed by atoms with Gasteiger partial charge in [0.2, 0.25) is 0 Å². The van der Waals surface area contributed by atoms with Crippen molar-refractivity contribution < 1.29 is 27.8 Å². The maximum Gasteiger partial charge on any atom is 0.345 e. The minimum Gasteiger partial charge on any atom is -0.393 e. The topological polar surface area (TPSA) is 52.6 Å². The summed E-state index contributed by atoms with van der Waals surface area (Å²) in [7, 11) is 0. The second kappa shape index (κ2) is 5.81. The van der Waals surface area contributed by atoms with Gasteiger partial charge in [0.15, 0.2) is 0 Å². The standard InChI is InChI=1S/C16H12F2O4/c17-16(18)21-8-9-3-1-5-11-10(9)4-2-6-12(11)13-7-14(19)22-15(13)20/h1-6,13,16H,7-8H2. The van der Waals surface area contributed by atoms with Gasteiger partial charge in [-0.3, -0.25) is 9.59 Å². The summed E-state index contributed by atoms with van der Waals surface area (Å²) in [5, 5.41) is 1.45. The first-order valence-electron chi connectivity index (χ1n) is 6.71. The van der Waals surface area contributed by atoms with Gasteiger partial charge in [0.1, 0.15) is 0 Å². The monoisotopic (exact) mass is 306 g/mol. The molecule has 3 rings (SSSR count). The van der Waals surface area contributed by atoms with E-state index in [1.54, 1.807) is 36.4 Å². The van der Waals surface area contributed by atoms with Crippen LogP contribution in [0.3, 0.4) is 0 Å². The van der Waals surface area contributed by atoms with E-state index in [0.717, 1.165) is 5.39 Å². The molecule has 1 fully saturated rings. The average Bonchev–Trinajstić information content (AvgIpc) is 2.83. The molecule has 0 aliphatic carbocycles. The van der Waals surface area contributed by atoms with Crippen molar-refractivity contribution in [2.45, 2.75) is 25.6 Å². The Labute approximate surface area is 124 Å². The first-order chi connectivity index (χ1) is 10.6. The van der Waals surface area contributed by atoms with Crippen LogP contribution in [0.5, 0.6) is 0 Å². The van der Waals surface area contributed by atoms with E-state index in [1.165, 1.54) is 0 Å². The van der Waals surface area contributed by atoms with Crippen molar-refractivity contribution in [3.8, 4) is 0 Å². The average molecular weight is 306 g/mol. The van der Waals surface area contributed by atoms with Crippen molar-refractivity contribution in [1.82, 2.24) is 0 Å². The van der Waals surface area contributed by atoms with Gasteiger partial charge in [-0.15, -0.1) is 0 Å². The van der Waals surface area contributed by atoms with E-state index in [2.05, 4.69) is 9.47 Å². The molecule has 114 valence electrons. The van der Waals surface area contributed by atoms with Crippen molar-refractivity contribution in [1.29, 1.82) is 0 Å². The van der Waals surface area contributed by atoms with Crippen molar-refractivity contribution in [3.63, 3.8) is 0 Å². The molecule has 2 aromatic carbocycles. The van der Waals surface area contributed by atoms with E-state index in [9.17, 15) is 18.4 Å². The molecular formula is C16H12F2O4. The van der Waals surface area contributed by atoms with Crippen molar-refractivity contribution in [2.75, 3.05) is 0 Å². The van der Waals surface area contributed by atoms with Gasteiger partial charge < -0.3 is 9.47 Å². The van der Waals surface area contributed by atoms with Crippen molar-refractivity contribution in [3.05, 3.63) is 47.5 Å². The minimum absolute atomic E-state index is 0.00426. The number of benzene rings is 2. The Morgan fingerprint density at radius 2 is 1.86 bits per heavy atom. The van der Waals surface area contributed by atoms with Crippen LogP contribution < -0.4 is 0 Å². The molecular weight excluding hydrogens is 294 g/mol. The van der Waals surface area contributed by atoms with E-state index >= 15 is 0 Å². The lowest BCUT2D eigenvalue weighted by molar-refractivity contribution is -0.152. The predicted octanol–water partition coefficient (Wildman–Crippen LogP) is 3.14. The van der Waals surface area contributed by atoms with Gasteiger partial charge in [-0.05, 0) is 21.9 Å². The number of fused-ring (bicyclic) bond motifs is 1. The smallest absolute Gasteiger partial charge is 0.345 e. The Bertz CT molecular complexity index is 742. The number of alkyl halides is 2. The lowest BCUT2D eigenvalue weighted by atomic mass is 9.91. The zero-order valence-electron chi connectivity index (χ0n) is 11.4. The fourth-order valence-electron chi connectivity index (χ4n) is 2.69. The van der Waals surface area contributed by atoms with Gasteiger partial charge in [-0.25, -0.2) is 0 Å². The molecule has 0 spiro atoms. The summed E-state index contributed by atoms with van der Waals surface area (Å²) < 4.78 is 33.4. The normalized spacial score (nSPS) is 18.2. The van der Waals surface area contributed by atoms with Crippen LogP contribution >= 0.6 is 0 Å². The third-order valence-electron chi connectivity index (χ3n) is 3.66. The molecule has 0 amide bonds. The number of halogens is 2. The van der Waals surface area contributed by atoms with Gasteiger partial charge in [0, 0.05) is 0 Å². The van der Waals surface area contributed by atoms with Crippen molar-refractivity contribution >= 4 is 22.7 Å². The van der Waals surface area contributed by atoms with Gasteiger partial charge in [-0.1, -0.05) is 36.4 Å². The predicted molar refractivity (Wildman–Crippen MR) is 73.2 cm³/mol. The Hall–Kier alpha value is -2.34.